The van der Waals surface area contributed by atoms with Gasteiger partial charge in [-0.15, -0.1) is 0 Å². The van der Waals surface area contributed by atoms with E-state index in [4.69, 9.17) is 9.15 Å². The highest BCUT2D eigenvalue weighted by atomic mass is 16.5. The van der Waals surface area contributed by atoms with Gasteiger partial charge in [-0.1, -0.05) is 0 Å². The molecule has 1 atom stereocenters. The molecular weight excluding hydrogens is 306 g/mol. The Bertz CT molecular complexity index is 588. The molecule has 0 saturated carbocycles. The number of nitrogens with zero attached hydrogens (tertiary/aromatic N) is 3. The average molecular weight is 333 g/mol. The Morgan fingerprint density at radius 3 is 2.92 bits per heavy atom. The van der Waals surface area contributed by atoms with Gasteiger partial charge in [-0.3, -0.25) is 4.68 Å². The largest absolute Gasteiger partial charge is 0.467 e. The summed E-state index contributed by atoms with van der Waals surface area (Å²) in [7, 11) is 0. The summed E-state index contributed by atoms with van der Waals surface area (Å²) in [6, 6.07) is 3.71. The second-order valence-corrected chi connectivity index (χ2v) is 6.73. The molecule has 1 aliphatic rings. The maximum atomic E-state index is 10.1. The first-order valence-electron chi connectivity index (χ1n) is 8.68. The fraction of sp³-hybridized carbons (Fsp3) is 0.611. The van der Waals surface area contributed by atoms with Crippen molar-refractivity contribution in [1.29, 1.82) is 0 Å². The highest BCUT2D eigenvalue weighted by molar-refractivity contribution is 4.99. The van der Waals surface area contributed by atoms with E-state index in [0.29, 0.717) is 25.7 Å². The molecule has 1 fully saturated rings. The van der Waals surface area contributed by atoms with Crippen LogP contribution in [0.15, 0.2) is 35.2 Å². The summed E-state index contributed by atoms with van der Waals surface area (Å²) >= 11 is 0. The number of β-amino-alcohol motifs (C(OH)–C–C–N with tert-alkyl or cyclic N) is 1. The molecule has 3 rings (SSSR count). The Labute approximate surface area is 143 Å². The summed E-state index contributed by atoms with van der Waals surface area (Å²) < 4.78 is 12.8. The molecule has 0 bridgehead atoms. The Kier molecular flexibility index (Phi) is 6.07. The second kappa shape index (κ2) is 8.46. The number of aliphatic hydroxyl groups is 1. The van der Waals surface area contributed by atoms with Gasteiger partial charge in [-0.05, 0) is 56.5 Å². The number of aryl methyl sites for hydroxylation is 1. The number of hydrogen-bond donors (Lipinski definition) is 1. The second-order valence-electron chi connectivity index (χ2n) is 6.73. The minimum Gasteiger partial charge on any atom is -0.467 e. The molecule has 6 heteroatoms. The standard InChI is InChI=1S/C18H27N3O3/c1-15-9-19-21(10-15)11-16-4-6-20(7-5-16)12-17(22)13-23-14-18-3-2-8-24-18/h2-3,8-10,16-17,22H,4-7,11-14H2,1H3. The van der Waals surface area contributed by atoms with E-state index in [-0.39, 0.29) is 0 Å². The number of likely N-dealkylation sites (tertiary alicyclic amines) is 1. The molecular formula is C18H27N3O3. The van der Waals surface area contributed by atoms with Gasteiger partial charge in [0.15, 0.2) is 0 Å². The first kappa shape index (κ1) is 17.2. The Hall–Kier alpha value is -1.63. The van der Waals surface area contributed by atoms with E-state index in [1.54, 1.807) is 6.26 Å². The minimum atomic E-state index is -0.453. The number of aromatic nitrogens is 2. The highest BCUT2D eigenvalue weighted by Gasteiger charge is 2.21. The molecule has 0 spiro atoms. The molecule has 1 unspecified atom stereocenters. The van der Waals surface area contributed by atoms with E-state index in [2.05, 4.69) is 23.1 Å². The zero-order valence-electron chi connectivity index (χ0n) is 14.3. The lowest BCUT2D eigenvalue weighted by molar-refractivity contribution is -0.000336. The number of aliphatic hydroxyl groups excluding tert-OH is 1. The smallest absolute Gasteiger partial charge is 0.129 e. The van der Waals surface area contributed by atoms with Crippen LogP contribution in [-0.4, -0.2) is 52.1 Å². The quantitative estimate of drug-likeness (QED) is 0.801. The van der Waals surface area contributed by atoms with Crippen molar-refractivity contribution < 1.29 is 14.3 Å². The van der Waals surface area contributed by atoms with Crippen LogP contribution in [0.2, 0.25) is 0 Å². The van der Waals surface area contributed by atoms with Crippen LogP contribution in [0.4, 0.5) is 0 Å². The van der Waals surface area contributed by atoms with Crippen molar-refractivity contribution in [2.24, 2.45) is 5.92 Å². The molecule has 6 nitrogen and oxygen atoms in total. The van der Waals surface area contributed by atoms with E-state index >= 15 is 0 Å². The molecule has 1 aliphatic heterocycles. The molecule has 2 aromatic heterocycles. The summed E-state index contributed by atoms with van der Waals surface area (Å²) in [5, 5.41) is 14.5. The van der Waals surface area contributed by atoms with E-state index in [1.165, 1.54) is 5.56 Å². The van der Waals surface area contributed by atoms with Gasteiger partial charge in [0.25, 0.3) is 0 Å². The maximum absolute atomic E-state index is 10.1. The van der Waals surface area contributed by atoms with Crippen LogP contribution in [-0.2, 0) is 17.9 Å². The molecule has 2 aromatic rings. The van der Waals surface area contributed by atoms with Crippen molar-refractivity contribution in [1.82, 2.24) is 14.7 Å². The van der Waals surface area contributed by atoms with Gasteiger partial charge in [0, 0.05) is 19.3 Å². The minimum absolute atomic E-state index is 0.340. The summed E-state index contributed by atoms with van der Waals surface area (Å²) in [5.41, 5.74) is 1.21. The summed E-state index contributed by atoms with van der Waals surface area (Å²) in [5.74, 6) is 1.46. The number of ether oxygens (including phenoxy) is 1. The third-order valence-electron chi connectivity index (χ3n) is 4.52. The van der Waals surface area contributed by atoms with Crippen LogP contribution in [0, 0.1) is 12.8 Å². The molecule has 1 saturated heterocycles. The van der Waals surface area contributed by atoms with Crippen LogP contribution in [0.5, 0.6) is 0 Å². The van der Waals surface area contributed by atoms with Crippen LogP contribution < -0.4 is 0 Å². The summed E-state index contributed by atoms with van der Waals surface area (Å²) in [6.45, 7) is 6.55. The van der Waals surface area contributed by atoms with Crippen LogP contribution in [0.3, 0.4) is 0 Å². The van der Waals surface area contributed by atoms with Gasteiger partial charge in [-0.2, -0.15) is 5.10 Å². The van der Waals surface area contributed by atoms with Crippen molar-refractivity contribution >= 4 is 0 Å². The molecule has 3 heterocycles. The Morgan fingerprint density at radius 2 is 2.25 bits per heavy atom. The Balaban J connectivity index is 1.31. The van der Waals surface area contributed by atoms with Crippen molar-refractivity contribution in [2.75, 3.05) is 26.2 Å². The number of hydrogen-bond acceptors (Lipinski definition) is 5. The third kappa shape index (κ3) is 5.19. The van der Waals surface area contributed by atoms with Gasteiger partial charge in [0.2, 0.25) is 0 Å². The van der Waals surface area contributed by atoms with E-state index in [1.807, 2.05) is 23.0 Å². The predicted molar refractivity (Wildman–Crippen MR) is 90.5 cm³/mol. The van der Waals surface area contributed by atoms with Crippen LogP contribution in [0.25, 0.3) is 0 Å². The van der Waals surface area contributed by atoms with E-state index in [9.17, 15) is 5.11 Å². The molecule has 0 amide bonds. The first-order chi connectivity index (χ1) is 11.7. The van der Waals surface area contributed by atoms with Gasteiger partial charge >= 0.3 is 0 Å². The normalized spacial score (nSPS) is 18.1. The van der Waals surface area contributed by atoms with Gasteiger partial charge in [0.1, 0.15) is 12.4 Å². The lowest BCUT2D eigenvalue weighted by Gasteiger charge is -2.33. The van der Waals surface area contributed by atoms with Crippen LogP contribution in [0.1, 0.15) is 24.2 Å². The number of rotatable bonds is 8. The van der Waals surface area contributed by atoms with Crippen molar-refractivity contribution in [3.8, 4) is 0 Å². The first-order valence-corrected chi connectivity index (χ1v) is 8.68. The summed E-state index contributed by atoms with van der Waals surface area (Å²) in [4.78, 5) is 2.33. The van der Waals surface area contributed by atoms with E-state index in [0.717, 1.165) is 38.2 Å². The molecule has 24 heavy (non-hydrogen) atoms. The number of furan rings is 1. The average Bonchev–Trinajstić information content (AvgIpc) is 3.21. The summed E-state index contributed by atoms with van der Waals surface area (Å²) in [6.07, 6.45) is 7.49. The Morgan fingerprint density at radius 1 is 1.42 bits per heavy atom. The highest BCUT2D eigenvalue weighted by Crippen LogP contribution is 2.19. The van der Waals surface area contributed by atoms with Crippen molar-refractivity contribution in [2.45, 2.75) is 39.0 Å². The molecule has 0 radical (unpaired) electrons. The lowest BCUT2D eigenvalue weighted by Crippen LogP contribution is -2.41. The predicted octanol–water partition coefficient (Wildman–Crippen LogP) is 2.07. The molecule has 132 valence electrons. The SMILES string of the molecule is Cc1cnn(CC2CCN(CC(O)COCc3ccco3)CC2)c1. The van der Waals surface area contributed by atoms with Gasteiger partial charge < -0.3 is 19.2 Å². The molecule has 1 N–H and O–H groups in total. The van der Waals surface area contributed by atoms with Crippen LogP contribution >= 0.6 is 0 Å². The topological polar surface area (TPSA) is 63.7 Å². The molecule has 0 aromatic carbocycles. The van der Waals surface area contributed by atoms with E-state index < -0.39 is 6.10 Å². The third-order valence-corrected chi connectivity index (χ3v) is 4.52. The van der Waals surface area contributed by atoms with Gasteiger partial charge in [-0.25, -0.2) is 0 Å². The van der Waals surface area contributed by atoms with Gasteiger partial charge in [0.05, 0.1) is 25.2 Å². The fourth-order valence-corrected chi connectivity index (χ4v) is 3.22. The monoisotopic (exact) mass is 333 g/mol. The van der Waals surface area contributed by atoms with Crippen molar-refractivity contribution in [3.63, 3.8) is 0 Å². The molecule has 0 aliphatic carbocycles. The zero-order valence-corrected chi connectivity index (χ0v) is 14.3. The maximum Gasteiger partial charge on any atom is 0.129 e. The van der Waals surface area contributed by atoms with Crippen molar-refractivity contribution in [3.05, 3.63) is 42.1 Å². The number of piperidine rings is 1. The fourth-order valence-electron chi connectivity index (χ4n) is 3.22. The zero-order chi connectivity index (χ0) is 16.8. The lowest BCUT2D eigenvalue weighted by atomic mass is 9.96.